The van der Waals surface area contributed by atoms with Crippen LogP contribution in [0.3, 0.4) is 0 Å². The zero-order valence-electron chi connectivity index (χ0n) is 16.7. The van der Waals surface area contributed by atoms with E-state index in [1.807, 2.05) is 0 Å². The summed E-state index contributed by atoms with van der Waals surface area (Å²) in [7, 11) is 1.45. The maximum Gasteiger partial charge on any atom is 0.320 e. The topological polar surface area (TPSA) is 162 Å². The van der Waals surface area contributed by atoms with Gasteiger partial charge in [-0.1, -0.05) is 25.7 Å². The Balaban J connectivity index is 0.000000400. The summed E-state index contributed by atoms with van der Waals surface area (Å²) in [5, 5.41) is 17.5. The van der Waals surface area contributed by atoms with Crippen LogP contribution in [0.2, 0.25) is 0 Å². The molecule has 1 atom stereocenters. The standard InChI is InChI=1S/C8H8O3.C6H14N2O2.C6H13N/c1-11-8-3-2-6(5-9)4-7(8)10;7-4-2-1-3-5(8)6(9)10;7-6-4-2-1-3-5-6/h2-5,10H,1H3;5H,1-4,7-8H2,(H,9,10);6H,1-5,7H2. The van der Waals surface area contributed by atoms with E-state index in [9.17, 15) is 9.59 Å². The SMILES string of the molecule is COc1ccc(C=O)cc1O.NC1CCCCC1.NCCCCC(N)C(=O)O. The molecule has 1 aromatic rings. The molecular formula is C20H35N3O5. The van der Waals surface area contributed by atoms with Crippen molar-refractivity contribution in [2.45, 2.75) is 63.5 Å². The van der Waals surface area contributed by atoms with Gasteiger partial charge in [0.15, 0.2) is 11.5 Å². The lowest BCUT2D eigenvalue weighted by Gasteiger charge is -2.15. The lowest BCUT2D eigenvalue weighted by molar-refractivity contribution is -0.138. The van der Waals surface area contributed by atoms with Crippen LogP contribution in [0.25, 0.3) is 0 Å². The van der Waals surface area contributed by atoms with Crippen molar-refractivity contribution in [1.29, 1.82) is 0 Å². The third-order valence-electron chi connectivity index (χ3n) is 4.28. The first-order chi connectivity index (χ1) is 13.3. The molecule has 0 saturated heterocycles. The number of carbonyl (C=O) groups is 2. The Morgan fingerprint density at radius 3 is 2.32 bits per heavy atom. The van der Waals surface area contributed by atoms with E-state index in [1.165, 1.54) is 45.3 Å². The summed E-state index contributed by atoms with van der Waals surface area (Å²) < 4.78 is 4.78. The molecule has 0 spiro atoms. The van der Waals surface area contributed by atoms with Gasteiger partial charge < -0.3 is 32.2 Å². The van der Waals surface area contributed by atoms with Crippen molar-refractivity contribution in [1.82, 2.24) is 0 Å². The van der Waals surface area contributed by atoms with Gasteiger partial charge in [-0.15, -0.1) is 0 Å². The van der Waals surface area contributed by atoms with Crippen LogP contribution < -0.4 is 21.9 Å². The summed E-state index contributed by atoms with van der Waals surface area (Å²) in [6, 6.07) is 4.29. The molecule has 1 fully saturated rings. The summed E-state index contributed by atoms with van der Waals surface area (Å²) >= 11 is 0. The maximum absolute atomic E-state index is 10.2. The predicted octanol–water partition coefficient (Wildman–Crippen LogP) is 2.02. The van der Waals surface area contributed by atoms with Crippen LogP contribution in [0, 0.1) is 0 Å². The van der Waals surface area contributed by atoms with Crippen LogP contribution >= 0.6 is 0 Å². The molecule has 1 aliphatic carbocycles. The second kappa shape index (κ2) is 15.9. The Kier molecular flexibility index (Phi) is 14.6. The first-order valence-corrected chi connectivity index (χ1v) is 9.61. The van der Waals surface area contributed by atoms with Crippen molar-refractivity contribution in [3.05, 3.63) is 23.8 Å². The van der Waals surface area contributed by atoms with Gasteiger partial charge >= 0.3 is 5.97 Å². The largest absolute Gasteiger partial charge is 0.504 e. The zero-order chi connectivity index (χ0) is 21.4. The molecule has 0 heterocycles. The van der Waals surface area contributed by atoms with E-state index in [-0.39, 0.29) is 5.75 Å². The van der Waals surface area contributed by atoms with Gasteiger partial charge in [0.1, 0.15) is 12.3 Å². The van der Waals surface area contributed by atoms with Gasteiger partial charge in [-0.3, -0.25) is 9.59 Å². The number of ether oxygens (including phenoxy) is 1. The maximum atomic E-state index is 10.2. The van der Waals surface area contributed by atoms with Crippen molar-refractivity contribution >= 4 is 12.3 Å². The molecule has 1 aliphatic rings. The van der Waals surface area contributed by atoms with Gasteiger partial charge in [0.05, 0.1) is 7.11 Å². The Morgan fingerprint density at radius 1 is 1.29 bits per heavy atom. The van der Waals surface area contributed by atoms with Crippen molar-refractivity contribution in [3.63, 3.8) is 0 Å². The minimum atomic E-state index is -0.933. The third kappa shape index (κ3) is 12.3. The molecule has 0 amide bonds. The van der Waals surface area contributed by atoms with Crippen molar-refractivity contribution in [2.24, 2.45) is 17.2 Å². The van der Waals surface area contributed by atoms with Crippen molar-refractivity contribution in [3.8, 4) is 11.5 Å². The van der Waals surface area contributed by atoms with Gasteiger partial charge in [-0.2, -0.15) is 0 Å². The highest BCUT2D eigenvalue weighted by Gasteiger charge is 2.09. The molecule has 2 rings (SSSR count). The summed E-state index contributed by atoms with van der Waals surface area (Å²) in [4.78, 5) is 20.3. The van der Waals surface area contributed by atoms with Gasteiger partial charge in [-0.25, -0.2) is 0 Å². The van der Waals surface area contributed by atoms with Crippen molar-refractivity contribution < 1.29 is 24.5 Å². The van der Waals surface area contributed by atoms with Crippen molar-refractivity contribution in [2.75, 3.05) is 13.7 Å². The minimum absolute atomic E-state index is 0.0166. The Hall–Kier alpha value is -2.16. The van der Waals surface area contributed by atoms with Crippen LogP contribution in [0.15, 0.2) is 18.2 Å². The average Bonchev–Trinajstić information content (AvgIpc) is 2.69. The fourth-order valence-corrected chi connectivity index (χ4v) is 2.55. The molecule has 0 aromatic heterocycles. The molecule has 1 unspecified atom stereocenters. The van der Waals surface area contributed by atoms with Crippen LogP contribution in [-0.4, -0.2) is 48.2 Å². The van der Waals surface area contributed by atoms with Gasteiger partial charge in [-0.05, 0) is 50.4 Å². The van der Waals surface area contributed by atoms with Crippen LogP contribution in [0.5, 0.6) is 11.5 Å². The second-order valence-electron chi connectivity index (χ2n) is 6.68. The highest BCUT2D eigenvalue weighted by molar-refractivity contribution is 5.76. The van der Waals surface area contributed by atoms with Crippen LogP contribution in [0.4, 0.5) is 0 Å². The fourth-order valence-electron chi connectivity index (χ4n) is 2.55. The number of phenols is 1. The lowest BCUT2D eigenvalue weighted by atomic mass is 9.97. The molecule has 0 radical (unpaired) electrons. The number of carboxylic acid groups (broad SMARTS) is 1. The zero-order valence-corrected chi connectivity index (χ0v) is 16.7. The number of methoxy groups -OCH3 is 1. The van der Waals surface area contributed by atoms with Crippen LogP contribution in [0.1, 0.15) is 61.7 Å². The van der Waals surface area contributed by atoms with E-state index in [2.05, 4.69) is 0 Å². The van der Waals surface area contributed by atoms with Crippen LogP contribution in [-0.2, 0) is 4.79 Å². The molecule has 28 heavy (non-hydrogen) atoms. The number of hydrogen-bond donors (Lipinski definition) is 5. The number of aliphatic carboxylic acids is 1. The number of phenolic OH excluding ortho intramolecular Hbond substituents is 1. The van der Waals surface area contributed by atoms with E-state index in [0.717, 1.165) is 12.8 Å². The number of aldehydes is 1. The number of nitrogens with two attached hydrogens (primary N) is 3. The molecule has 0 aliphatic heterocycles. The Bertz CT molecular complexity index is 563. The van der Waals surface area contributed by atoms with Gasteiger partial charge in [0, 0.05) is 11.6 Å². The summed E-state index contributed by atoms with van der Waals surface area (Å²) in [6.45, 7) is 0.604. The number of carbonyl (C=O) groups excluding carboxylic acids is 1. The quantitative estimate of drug-likeness (QED) is 0.345. The normalized spacial score (nSPS) is 14.6. The van der Waals surface area contributed by atoms with Gasteiger partial charge in [0.25, 0.3) is 0 Å². The summed E-state index contributed by atoms with van der Waals surface area (Å²) in [6.07, 6.45) is 9.49. The highest BCUT2D eigenvalue weighted by Crippen LogP contribution is 2.25. The first kappa shape index (κ1) is 25.8. The number of rotatable bonds is 7. The molecule has 0 bridgehead atoms. The molecule has 1 aromatic carbocycles. The number of carboxylic acids is 1. The highest BCUT2D eigenvalue weighted by atomic mass is 16.5. The first-order valence-electron chi connectivity index (χ1n) is 9.61. The molecule has 160 valence electrons. The number of hydrogen-bond acceptors (Lipinski definition) is 7. The van der Waals surface area contributed by atoms with E-state index in [4.69, 9.17) is 32.2 Å². The van der Waals surface area contributed by atoms with E-state index in [0.29, 0.717) is 36.6 Å². The second-order valence-corrected chi connectivity index (χ2v) is 6.68. The fraction of sp³-hybridized carbons (Fsp3) is 0.600. The smallest absolute Gasteiger partial charge is 0.320 e. The Morgan fingerprint density at radius 2 is 1.93 bits per heavy atom. The minimum Gasteiger partial charge on any atom is -0.504 e. The van der Waals surface area contributed by atoms with Gasteiger partial charge in [0.2, 0.25) is 0 Å². The van der Waals surface area contributed by atoms with E-state index in [1.54, 1.807) is 12.1 Å². The molecule has 1 saturated carbocycles. The monoisotopic (exact) mass is 397 g/mol. The molecule has 8 nitrogen and oxygen atoms in total. The third-order valence-corrected chi connectivity index (χ3v) is 4.28. The molecular weight excluding hydrogens is 362 g/mol. The predicted molar refractivity (Wildman–Crippen MR) is 110 cm³/mol. The van der Waals surface area contributed by atoms with E-state index >= 15 is 0 Å². The number of benzene rings is 1. The lowest BCUT2D eigenvalue weighted by Crippen LogP contribution is -2.29. The summed E-state index contributed by atoms with van der Waals surface area (Å²) in [5.41, 5.74) is 16.5. The summed E-state index contributed by atoms with van der Waals surface area (Å²) in [5.74, 6) is -0.579. The number of aromatic hydroxyl groups is 1. The molecule has 8 heteroatoms. The van der Waals surface area contributed by atoms with E-state index < -0.39 is 12.0 Å². The average molecular weight is 398 g/mol. The number of unbranched alkanes of at least 4 members (excludes halogenated alkanes) is 1. The molecule has 8 N–H and O–H groups in total. The Labute approximate surface area is 167 Å².